The lowest BCUT2D eigenvalue weighted by atomic mass is 10.3. The molecule has 82 valence electrons. The number of nitrogens with one attached hydrogen (secondary N) is 1. The van der Waals surface area contributed by atoms with Gasteiger partial charge in [-0.2, -0.15) is 4.98 Å². The Bertz CT molecular complexity index is 567. The van der Waals surface area contributed by atoms with E-state index >= 15 is 0 Å². The SMILES string of the molecule is COc1cc(-c2nc(O)cc(=O)[nH]2)ncn1. The molecule has 0 fully saturated rings. The Morgan fingerprint density at radius 3 is 2.88 bits per heavy atom. The van der Waals surface area contributed by atoms with Crippen molar-refractivity contribution in [2.45, 2.75) is 0 Å². The van der Waals surface area contributed by atoms with Gasteiger partial charge in [0.2, 0.25) is 11.8 Å². The Morgan fingerprint density at radius 2 is 2.19 bits per heavy atom. The Morgan fingerprint density at radius 1 is 1.38 bits per heavy atom. The summed E-state index contributed by atoms with van der Waals surface area (Å²) in [7, 11) is 1.46. The van der Waals surface area contributed by atoms with Gasteiger partial charge in [-0.3, -0.25) is 4.79 Å². The van der Waals surface area contributed by atoms with Gasteiger partial charge in [-0.25, -0.2) is 9.97 Å². The van der Waals surface area contributed by atoms with E-state index in [1.165, 1.54) is 19.5 Å². The highest BCUT2D eigenvalue weighted by Gasteiger charge is 2.06. The number of H-pyrrole nitrogens is 1. The number of aromatic amines is 1. The maximum Gasteiger partial charge on any atom is 0.255 e. The molecule has 2 rings (SSSR count). The number of hydrogen-bond donors (Lipinski definition) is 2. The first kappa shape index (κ1) is 10.1. The van der Waals surface area contributed by atoms with E-state index in [1.54, 1.807) is 0 Å². The van der Waals surface area contributed by atoms with Crippen LogP contribution in [0.5, 0.6) is 11.8 Å². The minimum atomic E-state index is -0.458. The summed E-state index contributed by atoms with van der Waals surface area (Å²) in [5.74, 6) is 0.137. The number of ether oxygens (including phenoxy) is 1. The Balaban J connectivity index is 2.53. The lowest BCUT2D eigenvalue weighted by molar-refractivity contribution is 0.397. The molecule has 0 saturated carbocycles. The van der Waals surface area contributed by atoms with Crippen LogP contribution in [0.4, 0.5) is 0 Å². The van der Waals surface area contributed by atoms with Crippen LogP contribution in [0.15, 0.2) is 23.3 Å². The predicted octanol–water partition coefficient (Wildman–Crippen LogP) is -0.0589. The van der Waals surface area contributed by atoms with Crippen LogP contribution in [-0.4, -0.2) is 32.2 Å². The third kappa shape index (κ3) is 1.97. The van der Waals surface area contributed by atoms with Gasteiger partial charge in [0.15, 0.2) is 5.82 Å². The van der Waals surface area contributed by atoms with Crippen molar-refractivity contribution in [1.29, 1.82) is 0 Å². The number of aromatic nitrogens is 4. The molecule has 0 spiro atoms. The molecule has 0 bridgehead atoms. The second kappa shape index (κ2) is 3.97. The predicted molar refractivity (Wildman–Crippen MR) is 54.1 cm³/mol. The topological polar surface area (TPSA) is 101 Å². The number of methoxy groups -OCH3 is 1. The third-order valence-corrected chi connectivity index (χ3v) is 1.82. The van der Waals surface area contributed by atoms with Crippen LogP contribution < -0.4 is 10.3 Å². The van der Waals surface area contributed by atoms with Gasteiger partial charge in [0.05, 0.1) is 13.2 Å². The van der Waals surface area contributed by atoms with E-state index in [0.29, 0.717) is 11.6 Å². The van der Waals surface area contributed by atoms with Crippen molar-refractivity contribution < 1.29 is 9.84 Å². The normalized spacial score (nSPS) is 10.1. The second-order valence-electron chi connectivity index (χ2n) is 2.90. The summed E-state index contributed by atoms with van der Waals surface area (Å²) in [6.07, 6.45) is 1.28. The van der Waals surface area contributed by atoms with Gasteiger partial charge in [0, 0.05) is 6.07 Å². The molecule has 16 heavy (non-hydrogen) atoms. The first-order valence-electron chi connectivity index (χ1n) is 4.36. The van der Waals surface area contributed by atoms with Gasteiger partial charge in [-0.05, 0) is 0 Å². The summed E-state index contributed by atoms with van der Waals surface area (Å²) in [4.78, 5) is 25.0. The molecule has 7 heteroatoms. The van der Waals surface area contributed by atoms with E-state index in [2.05, 4.69) is 19.9 Å². The van der Waals surface area contributed by atoms with Gasteiger partial charge < -0.3 is 14.8 Å². The maximum absolute atomic E-state index is 11.1. The van der Waals surface area contributed by atoms with Crippen molar-refractivity contribution >= 4 is 0 Å². The molecule has 0 aliphatic carbocycles. The van der Waals surface area contributed by atoms with Crippen molar-refractivity contribution in [2.24, 2.45) is 0 Å². The largest absolute Gasteiger partial charge is 0.493 e. The summed E-state index contributed by atoms with van der Waals surface area (Å²) in [6, 6.07) is 2.47. The molecule has 2 heterocycles. The molecule has 0 aliphatic rings. The minimum absolute atomic E-state index is 0.158. The molecule has 0 amide bonds. The molecule has 2 aromatic rings. The lowest BCUT2D eigenvalue weighted by Crippen LogP contribution is -2.07. The second-order valence-corrected chi connectivity index (χ2v) is 2.90. The molecule has 0 saturated heterocycles. The van der Waals surface area contributed by atoms with Gasteiger partial charge in [-0.15, -0.1) is 0 Å². The summed E-state index contributed by atoms with van der Waals surface area (Å²) in [5.41, 5.74) is -0.0973. The van der Waals surface area contributed by atoms with Gasteiger partial charge in [0.1, 0.15) is 12.0 Å². The Kier molecular flexibility index (Phi) is 2.50. The Hall–Kier alpha value is -2.44. The monoisotopic (exact) mass is 220 g/mol. The van der Waals surface area contributed by atoms with Crippen LogP contribution in [0.1, 0.15) is 0 Å². The third-order valence-electron chi connectivity index (χ3n) is 1.82. The summed E-state index contributed by atoms with van der Waals surface area (Å²) in [6.45, 7) is 0. The van der Waals surface area contributed by atoms with E-state index in [4.69, 9.17) is 4.74 Å². The highest BCUT2D eigenvalue weighted by molar-refractivity contribution is 5.50. The quantitative estimate of drug-likeness (QED) is 0.735. The highest BCUT2D eigenvalue weighted by Crippen LogP contribution is 2.15. The molecule has 0 aromatic carbocycles. The van der Waals surface area contributed by atoms with Crippen LogP contribution in [0.25, 0.3) is 11.5 Å². The summed E-state index contributed by atoms with van der Waals surface area (Å²) >= 11 is 0. The van der Waals surface area contributed by atoms with Crippen LogP contribution in [0.2, 0.25) is 0 Å². The first-order chi connectivity index (χ1) is 7.69. The van der Waals surface area contributed by atoms with Crippen LogP contribution in [-0.2, 0) is 0 Å². The molecular formula is C9H8N4O3. The average Bonchev–Trinajstić information content (AvgIpc) is 2.28. The smallest absolute Gasteiger partial charge is 0.255 e. The van der Waals surface area contributed by atoms with Gasteiger partial charge >= 0.3 is 0 Å². The van der Waals surface area contributed by atoms with E-state index in [-0.39, 0.29) is 11.7 Å². The van der Waals surface area contributed by atoms with Crippen LogP contribution >= 0.6 is 0 Å². The molecule has 0 atom stereocenters. The first-order valence-corrected chi connectivity index (χ1v) is 4.36. The standard InChI is InChI=1S/C9H8N4O3/c1-16-8-2-5(10-4-11-8)9-12-6(14)3-7(15)13-9/h2-4H,1H3,(H2,12,13,14,15). The molecule has 7 nitrogen and oxygen atoms in total. The number of aromatic hydroxyl groups is 1. The fraction of sp³-hybridized carbons (Fsp3) is 0.111. The van der Waals surface area contributed by atoms with Crippen molar-refractivity contribution in [3.05, 3.63) is 28.8 Å². The number of hydrogen-bond acceptors (Lipinski definition) is 6. The highest BCUT2D eigenvalue weighted by atomic mass is 16.5. The molecule has 0 radical (unpaired) electrons. The van der Waals surface area contributed by atoms with E-state index in [1.807, 2.05) is 0 Å². The maximum atomic E-state index is 11.1. The van der Waals surface area contributed by atoms with E-state index in [0.717, 1.165) is 6.07 Å². The fourth-order valence-corrected chi connectivity index (χ4v) is 1.15. The zero-order chi connectivity index (χ0) is 11.5. The van der Waals surface area contributed by atoms with Gasteiger partial charge in [-0.1, -0.05) is 0 Å². The summed E-state index contributed by atoms with van der Waals surface area (Å²) < 4.78 is 4.90. The number of rotatable bonds is 2. The van der Waals surface area contributed by atoms with E-state index < -0.39 is 5.56 Å². The van der Waals surface area contributed by atoms with Crippen molar-refractivity contribution in [1.82, 2.24) is 19.9 Å². The van der Waals surface area contributed by atoms with Gasteiger partial charge in [0.25, 0.3) is 5.56 Å². The molecule has 2 aromatic heterocycles. The lowest BCUT2D eigenvalue weighted by Gasteiger charge is -2.01. The van der Waals surface area contributed by atoms with Crippen LogP contribution in [0, 0.1) is 0 Å². The zero-order valence-corrected chi connectivity index (χ0v) is 8.34. The van der Waals surface area contributed by atoms with Crippen molar-refractivity contribution in [3.8, 4) is 23.3 Å². The van der Waals surface area contributed by atoms with Crippen molar-refractivity contribution in [2.75, 3.05) is 7.11 Å². The number of nitrogens with zero attached hydrogens (tertiary/aromatic N) is 3. The zero-order valence-electron chi connectivity index (χ0n) is 8.34. The minimum Gasteiger partial charge on any atom is -0.493 e. The van der Waals surface area contributed by atoms with E-state index in [9.17, 15) is 9.90 Å². The molecule has 0 aliphatic heterocycles. The summed E-state index contributed by atoms with van der Waals surface area (Å²) in [5, 5.41) is 9.18. The average molecular weight is 220 g/mol. The molecule has 2 N–H and O–H groups in total. The van der Waals surface area contributed by atoms with Crippen molar-refractivity contribution in [3.63, 3.8) is 0 Å². The molecule has 0 unspecified atom stereocenters. The Labute approximate surface area is 89.8 Å². The van der Waals surface area contributed by atoms with Crippen LogP contribution in [0.3, 0.4) is 0 Å². The fourth-order valence-electron chi connectivity index (χ4n) is 1.15. The molecular weight excluding hydrogens is 212 g/mol.